The third kappa shape index (κ3) is 4.05. The van der Waals surface area contributed by atoms with E-state index in [1.165, 1.54) is 12.1 Å². The number of amides is 1. The lowest BCUT2D eigenvalue weighted by Gasteiger charge is -2.45. The molecule has 2 atom stereocenters. The van der Waals surface area contributed by atoms with Gasteiger partial charge >= 0.3 is 6.09 Å². The maximum atomic E-state index is 13.0. The first-order chi connectivity index (χ1) is 13.1. The van der Waals surface area contributed by atoms with Crippen LogP contribution in [0, 0.1) is 5.82 Å². The lowest BCUT2D eigenvalue weighted by atomic mass is 9.93. The molecule has 0 aliphatic carbocycles. The first kappa shape index (κ1) is 18.5. The molecule has 3 saturated heterocycles. The molecule has 5 nitrogen and oxygen atoms in total. The van der Waals surface area contributed by atoms with E-state index in [9.17, 15) is 9.18 Å². The molecule has 1 N–H and O–H groups in total. The second-order valence-electron chi connectivity index (χ2n) is 8.08. The summed E-state index contributed by atoms with van der Waals surface area (Å²) < 4.78 is 18.3. The third-order valence-electron chi connectivity index (χ3n) is 6.45. The Balaban J connectivity index is 0.00000225. The lowest BCUT2D eigenvalue weighted by molar-refractivity contribution is 0.0350. The zero-order valence-corrected chi connectivity index (χ0v) is 16.1. The van der Waals surface area contributed by atoms with Crippen molar-refractivity contribution in [3.05, 3.63) is 30.1 Å². The first-order valence-corrected chi connectivity index (χ1v) is 10.3. The second kappa shape index (κ2) is 8.05. The molecule has 150 valence electrons. The Morgan fingerprint density at radius 1 is 1.11 bits per heavy atom. The summed E-state index contributed by atoms with van der Waals surface area (Å²) in [5.41, 5.74) is 0.996. The van der Waals surface area contributed by atoms with Crippen LogP contribution in [0.25, 0.3) is 0 Å². The van der Waals surface area contributed by atoms with Crippen molar-refractivity contribution in [2.24, 2.45) is 0 Å². The van der Waals surface area contributed by atoms with Crippen LogP contribution < -0.4 is 5.32 Å². The molecular formula is C21H32FN3O2. The summed E-state index contributed by atoms with van der Waals surface area (Å²) in [7, 11) is 0. The van der Waals surface area contributed by atoms with E-state index in [0.717, 1.165) is 57.3 Å². The van der Waals surface area contributed by atoms with Crippen molar-refractivity contribution in [1.82, 2.24) is 9.80 Å². The van der Waals surface area contributed by atoms with E-state index in [1.54, 1.807) is 0 Å². The largest absolute Gasteiger partial charge is 0.450 e. The molecule has 3 heterocycles. The Morgan fingerprint density at radius 3 is 2.33 bits per heavy atom. The predicted octanol–water partition coefficient (Wildman–Crippen LogP) is 4.10. The van der Waals surface area contributed by atoms with E-state index in [1.807, 2.05) is 24.0 Å². The smallest absolute Gasteiger partial charge is 0.410 e. The molecule has 3 aliphatic rings. The van der Waals surface area contributed by atoms with Crippen molar-refractivity contribution in [2.45, 2.75) is 69.6 Å². The molecule has 1 aromatic carbocycles. The van der Waals surface area contributed by atoms with Crippen molar-refractivity contribution in [3.63, 3.8) is 0 Å². The molecule has 0 aromatic heterocycles. The molecular weight excluding hydrogens is 345 g/mol. The highest BCUT2D eigenvalue weighted by Gasteiger charge is 2.45. The van der Waals surface area contributed by atoms with E-state index in [4.69, 9.17) is 4.74 Å². The van der Waals surface area contributed by atoms with E-state index in [2.05, 4.69) is 10.2 Å². The van der Waals surface area contributed by atoms with Crippen LogP contribution in [0.1, 0.15) is 46.9 Å². The number of fused-ring (bicyclic) bond motifs is 2. The fourth-order valence-electron chi connectivity index (χ4n) is 5.13. The minimum Gasteiger partial charge on any atom is -0.450 e. The molecule has 0 radical (unpaired) electrons. The Kier molecular flexibility index (Phi) is 5.53. The van der Waals surface area contributed by atoms with E-state index in [-0.39, 0.29) is 13.3 Å². The summed E-state index contributed by atoms with van der Waals surface area (Å²) in [4.78, 5) is 16.9. The van der Waals surface area contributed by atoms with Gasteiger partial charge in [-0.15, -0.1) is 0 Å². The predicted molar refractivity (Wildman–Crippen MR) is 105 cm³/mol. The highest BCUT2D eigenvalue weighted by molar-refractivity contribution is 5.69. The van der Waals surface area contributed by atoms with Crippen LogP contribution in [0.2, 0.25) is 0 Å². The van der Waals surface area contributed by atoms with E-state index >= 15 is 0 Å². The van der Waals surface area contributed by atoms with Crippen LogP contribution in [0.15, 0.2) is 24.3 Å². The SMILES string of the molecule is CCOC(=O)N1C2CCC1CC(N1CCC(Nc3ccc(F)cc3)CC1)C2.[HH]. The van der Waals surface area contributed by atoms with Crippen molar-refractivity contribution in [3.8, 4) is 0 Å². The van der Waals surface area contributed by atoms with Crippen LogP contribution in [0.5, 0.6) is 0 Å². The van der Waals surface area contributed by atoms with Gasteiger partial charge in [-0.2, -0.15) is 0 Å². The van der Waals surface area contributed by atoms with Gasteiger partial charge in [0.15, 0.2) is 0 Å². The highest BCUT2D eigenvalue weighted by Crippen LogP contribution is 2.38. The van der Waals surface area contributed by atoms with Gasteiger partial charge in [-0.05, 0) is 69.7 Å². The fraction of sp³-hybridized carbons (Fsp3) is 0.667. The molecule has 1 amide bonds. The molecule has 0 spiro atoms. The molecule has 6 heteroatoms. The Hall–Kier alpha value is -1.82. The van der Waals surface area contributed by atoms with Crippen molar-refractivity contribution in [1.29, 1.82) is 0 Å². The third-order valence-corrected chi connectivity index (χ3v) is 6.45. The molecule has 3 aliphatic heterocycles. The van der Waals surface area contributed by atoms with Crippen LogP contribution in [-0.2, 0) is 4.74 Å². The van der Waals surface area contributed by atoms with Gasteiger partial charge in [0.2, 0.25) is 0 Å². The van der Waals surface area contributed by atoms with Crippen LogP contribution in [0.4, 0.5) is 14.9 Å². The molecule has 0 saturated carbocycles. The second-order valence-corrected chi connectivity index (χ2v) is 8.08. The summed E-state index contributed by atoms with van der Waals surface area (Å²) in [5.74, 6) is -0.195. The van der Waals surface area contributed by atoms with Crippen LogP contribution >= 0.6 is 0 Å². The number of piperidine rings is 2. The quantitative estimate of drug-likeness (QED) is 0.858. The van der Waals surface area contributed by atoms with Crippen LogP contribution in [-0.4, -0.2) is 59.8 Å². The summed E-state index contributed by atoms with van der Waals surface area (Å²) in [5, 5.41) is 3.53. The highest BCUT2D eigenvalue weighted by atomic mass is 19.1. The van der Waals surface area contributed by atoms with Gasteiger partial charge in [-0.1, -0.05) is 0 Å². The van der Waals surface area contributed by atoms with Crippen molar-refractivity contribution in [2.75, 3.05) is 25.0 Å². The fourth-order valence-corrected chi connectivity index (χ4v) is 5.13. The number of benzene rings is 1. The summed E-state index contributed by atoms with van der Waals surface area (Å²) in [6.45, 7) is 4.49. The molecule has 27 heavy (non-hydrogen) atoms. The Morgan fingerprint density at radius 2 is 1.74 bits per heavy atom. The summed E-state index contributed by atoms with van der Waals surface area (Å²) in [6, 6.07) is 8.36. The number of rotatable bonds is 4. The van der Waals surface area contributed by atoms with Gasteiger partial charge in [0.25, 0.3) is 0 Å². The van der Waals surface area contributed by atoms with Gasteiger partial charge < -0.3 is 19.9 Å². The summed E-state index contributed by atoms with van der Waals surface area (Å²) in [6.07, 6.45) is 6.46. The molecule has 3 fully saturated rings. The number of carbonyl (C=O) groups excluding carboxylic acids is 1. The average molecular weight is 378 g/mol. The zero-order valence-electron chi connectivity index (χ0n) is 16.1. The molecule has 2 bridgehead atoms. The van der Waals surface area contributed by atoms with Gasteiger partial charge in [-0.25, -0.2) is 9.18 Å². The molecule has 1 aromatic rings. The Bertz CT molecular complexity index is 638. The van der Waals surface area contributed by atoms with Gasteiger partial charge in [0.05, 0.1) is 6.61 Å². The number of likely N-dealkylation sites (tertiary alicyclic amines) is 1. The van der Waals surface area contributed by atoms with E-state index in [0.29, 0.717) is 30.8 Å². The standard InChI is InChI=1S/C21H30FN3O2.H2/c1-2-27-21(26)25-18-7-8-19(25)14-20(13-18)24-11-9-17(10-12-24)23-16-5-3-15(22)4-6-16;/h3-6,17-20,23H,2,7-14H2,1H3;1H. The monoisotopic (exact) mass is 377 g/mol. The number of anilines is 1. The number of nitrogens with one attached hydrogen (secondary N) is 1. The average Bonchev–Trinajstić information content (AvgIpc) is 2.94. The first-order valence-electron chi connectivity index (χ1n) is 10.3. The number of hydrogen-bond acceptors (Lipinski definition) is 4. The maximum Gasteiger partial charge on any atom is 0.410 e. The minimum atomic E-state index is -0.195. The Labute approximate surface area is 162 Å². The number of nitrogens with zero attached hydrogens (tertiary/aromatic N) is 2. The number of hydrogen-bond donors (Lipinski definition) is 1. The number of ether oxygens (including phenoxy) is 1. The van der Waals surface area contributed by atoms with Crippen LogP contribution in [0.3, 0.4) is 0 Å². The van der Waals surface area contributed by atoms with E-state index < -0.39 is 0 Å². The van der Waals surface area contributed by atoms with Gasteiger partial charge in [0.1, 0.15) is 5.82 Å². The van der Waals surface area contributed by atoms with Crippen molar-refractivity contribution < 1.29 is 15.3 Å². The number of carbonyl (C=O) groups is 1. The molecule has 4 rings (SSSR count). The topological polar surface area (TPSA) is 44.8 Å². The lowest BCUT2D eigenvalue weighted by Crippen LogP contribution is -2.54. The molecule has 2 unspecified atom stereocenters. The number of halogens is 1. The van der Waals surface area contributed by atoms with Gasteiger partial charge in [-0.3, -0.25) is 0 Å². The summed E-state index contributed by atoms with van der Waals surface area (Å²) >= 11 is 0. The minimum absolute atomic E-state index is 0. The normalized spacial score (nSPS) is 29.0. The van der Waals surface area contributed by atoms with Crippen molar-refractivity contribution >= 4 is 11.8 Å². The maximum absolute atomic E-state index is 13.0. The van der Waals surface area contributed by atoms with Gasteiger partial charge in [0, 0.05) is 44.4 Å². The zero-order chi connectivity index (χ0) is 18.8.